The minimum Gasteiger partial charge on any atom is -0.497 e. The van der Waals surface area contributed by atoms with E-state index in [9.17, 15) is 9.59 Å². The molecule has 1 aliphatic rings. The monoisotopic (exact) mass is 428 g/mol. The van der Waals surface area contributed by atoms with E-state index < -0.39 is 0 Å². The summed E-state index contributed by atoms with van der Waals surface area (Å²) < 4.78 is 5.30. The van der Waals surface area contributed by atoms with Gasteiger partial charge in [0.15, 0.2) is 5.82 Å². The van der Waals surface area contributed by atoms with Crippen molar-refractivity contribution in [3.8, 4) is 5.75 Å². The molecule has 1 aromatic heterocycles. The van der Waals surface area contributed by atoms with Gasteiger partial charge in [0.2, 0.25) is 11.8 Å². The minimum atomic E-state index is -0.302. The minimum absolute atomic E-state index is 0.0437. The molecule has 4 rings (SSSR count). The van der Waals surface area contributed by atoms with Gasteiger partial charge >= 0.3 is 0 Å². The van der Waals surface area contributed by atoms with Crippen molar-refractivity contribution in [2.75, 3.05) is 23.9 Å². The average molecular weight is 428 g/mol. The summed E-state index contributed by atoms with van der Waals surface area (Å²) in [6.45, 7) is 1.92. The fourth-order valence-electron chi connectivity index (χ4n) is 3.53. The van der Waals surface area contributed by atoms with Crippen molar-refractivity contribution >= 4 is 34.7 Å². The number of ether oxygens (including phenoxy) is 1. The number of nitrogens with one attached hydrogen (secondary N) is 1. The fraction of sp³-hybridized carbons (Fsp3) is 0.200. The predicted molar refractivity (Wildman–Crippen MR) is 125 cm³/mol. The number of amides is 2. The van der Waals surface area contributed by atoms with Crippen molar-refractivity contribution in [3.63, 3.8) is 0 Å². The third-order valence-corrected chi connectivity index (χ3v) is 5.25. The van der Waals surface area contributed by atoms with Gasteiger partial charge in [-0.05, 0) is 48.4 Å². The topological polar surface area (TPSA) is 83.9 Å². The molecule has 0 saturated heterocycles. The molecule has 3 aromatic rings. The second kappa shape index (κ2) is 9.43. The van der Waals surface area contributed by atoms with Crippen molar-refractivity contribution in [2.45, 2.75) is 19.8 Å². The zero-order chi connectivity index (χ0) is 22.5. The second-order valence-corrected chi connectivity index (χ2v) is 7.39. The number of carbonyl (C=O) groups is 2. The maximum Gasteiger partial charge on any atom is 0.244 e. The molecule has 32 heavy (non-hydrogen) atoms. The van der Waals surface area contributed by atoms with Crippen LogP contribution in [-0.2, 0) is 16.0 Å². The van der Waals surface area contributed by atoms with Crippen LogP contribution in [0.15, 0.2) is 71.9 Å². The van der Waals surface area contributed by atoms with Crippen molar-refractivity contribution in [2.24, 2.45) is 4.99 Å². The first-order valence-electron chi connectivity index (χ1n) is 10.4. The van der Waals surface area contributed by atoms with E-state index in [0.29, 0.717) is 28.7 Å². The number of carbonyl (C=O) groups excluding carboxylic acids is 2. The molecule has 162 valence electrons. The van der Waals surface area contributed by atoms with Crippen LogP contribution in [0.5, 0.6) is 5.75 Å². The number of aliphatic imine (C=N–C) groups is 1. The highest BCUT2D eigenvalue weighted by atomic mass is 16.5. The summed E-state index contributed by atoms with van der Waals surface area (Å²) in [5.41, 5.74) is 3.79. The van der Waals surface area contributed by atoms with E-state index in [1.807, 2.05) is 48.5 Å². The third-order valence-electron chi connectivity index (χ3n) is 5.25. The number of pyridine rings is 1. The first kappa shape index (κ1) is 21.2. The van der Waals surface area contributed by atoms with Gasteiger partial charge in [-0.1, -0.05) is 31.2 Å². The van der Waals surface area contributed by atoms with Crippen LogP contribution >= 0.6 is 0 Å². The lowest BCUT2D eigenvalue weighted by Gasteiger charge is -2.20. The summed E-state index contributed by atoms with van der Waals surface area (Å²) in [4.78, 5) is 36.4. The maximum absolute atomic E-state index is 13.2. The molecule has 2 heterocycles. The molecule has 0 atom stereocenters. The molecule has 0 fully saturated rings. The van der Waals surface area contributed by atoms with Crippen LogP contribution in [0.25, 0.3) is 0 Å². The summed E-state index contributed by atoms with van der Waals surface area (Å²) >= 11 is 0. The molecule has 7 heteroatoms. The highest BCUT2D eigenvalue weighted by Gasteiger charge is 2.27. The lowest BCUT2D eigenvalue weighted by molar-refractivity contribution is -0.120. The van der Waals surface area contributed by atoms with E-state index in [0.717, 1.165) is 12.0 Å². The zero-order valence-corrected chi connectivity index (χ0v) is 18.0. The van der Waals surface area contributed by atoms with E-state index in [4.69, 9.17) is 9.73 Å². The number of anilines is 2. The first-order chi connectivity index (χ1) is 15.6. The fourth-order valence-corrected chi connectivity index (χ4v) is 3.53. The highest BCUT2D eigenvalue weighted by Crippen LogP contribution is 2.31. The molecule has 7 nitrogen and oxygen atoms in total. The first-order valence-corrected chi connectivity index (χ1v) is 10.4. The normalized spacial score (nSPS) is 13.1. The molecular weight excluding hydrogens is 404 g/mol. The number of hydrogen-bond acceptors (Lipinski definition) is 5. The summed E-state index contributed by atoms with van der Waals surface area (Å²) in [7, 11) is 1.59. The van der Waals surface area contributed by atoms with Crippen LogP contribution in [0.4, 0.5) is 17.2 Å². The summed E-state index contributed by atoms with van der Waals surface area (Å²) in [5, 5.41) is 2.86. The molecule has 1 aliphatic heterocycles. The van der Waals surface area contributed by atoms with Crippen molar-refractivity contribution < 1.29 is 14.3 Å². The molecule has 2 aromatic carbocycles. The number of aryl methyl sites for hydroxylation is 1. The third kappa shape index (κ3) is 4.67. The lowest BCUT2D eigenvalue weighted by atomic mass is 10.1. The SMILES string of the molecule is CCc1ccc(NC(=O)CN2C(=O)CC(c3cccc(OC)c3)=Nc3cccnc32)cc1. The Morgan fingerprint density at radius 3 is 2.69 bits per heavy atom. The molecule has 0 unspecified atom stereocenters. The number of nitrogens with zero attached hydrogens (tertiary/aromatic N) is 3. The summed E-state index contributed by atoms with van der Waals surface area (Å²) in [6, 6.07) is 18.6. The predicted octanol–water partition coefficient (Wildman–Crippen LogP) is 4.15. The van der Waals surface area contributed by atoms with Crippen LogP contribution in [0.2, 0.25) is 0 Å². The van der Waals surface area contributed by atoms with Gasteiger partial charge in [-0.15, -0.1) is 0 Å². The number of methoxy groups -OCH3 is 1. The number of hydrogen-bond donors (Lipinski definition) is 1. The molecular formula is C25H24N4O3. The van der Waals surface area contributed by atoms with E-state index in [2.05, 4.69) is 17.2 Å². The Morgan fingerprint density at radius 1 is 1.12 bits per heavy atom. The second-order valence-electron chi connectivity index (χ2n) is 7.39. The smallest absolute Gasteiger partial charge is 0.244 e. The Bertz CT molecular complexity index is 1170. The quantitative estimate of drug-likeness (QED) is 0.639. The van der Waals surface area contributed by atoms with Gasteiger partial charge < -0.3 is 10.1 Å². The molecule has 0 saturated carbocycles. The van der Waals surface area contributed by atoms with Crippen LogP contribution in [0.3, 0.4) is 0 Å². The van der Waals surface area contributed by atoms with Crippen molar-refractivity contribution in [1.29, 1.82) is 0 Å². The van der Waals surface area contributed by atoms with Gasteiger partial charge in [-0.3, -0.25) is 14.5 Å². The van der Waals surface area contributed by atoms with E-state index in [-0.39, 0.29) is 24.8 Å². The van der Waals surface area contributed by atoms with Crippen LogP contribution in [-0.4, -0.2) is 36.2 Å². The van der Waals surface area contributed by atoms with E-state index in [1.165, 1.54) is 10.5 Å². The molecule has 0 radical (unpaired) electrons. The Balaban J connectivity index is 1.58. The number of rotatable bonds is 6. The summed E-state index contributed by atoms with van der Waals surface area (Å²) in [5.74, 6) is 0.495. The Kier molecular flexibility index (Phi) is 6.26. The van der Waals surface area contributed by atoms with Crippen LogP contribution in [0.1, 0.15) is 24.5 Å². The van der Waals surface area contributed by atoms with E-state index in [1.54, 1.807) is 25.4 Å². The molecule has 2 amide bonds. The maximum atomic E-state index is 13.2. The van der Waals surface area contributed by atoms with Crippen molar-refractivity contribution in [1.82, 2.24) is 4.98 Å². The van der Waals surface area contributed by atoms with Gasteiger partial charge in [0, 0.05) is 17.4 Å². The van der Waals surface area contributed by atoms with Crippen LogP contribution in [0, 0.1) is 0 Å². The zero-order valence-electron chi connectivity index (χ0n) is 18.0. The molecule has 1 N–H and O–H groups in total. The van der Waals surface area contributed by atoms with Crippen LogP contribution < -0.4 is 15.0 Å². The van der Waals surface area contributed by atoms with Gasteiger partial charge in [-0.2, -0.15) is 0 Å². The lowest BCUT2D eigenvalue weighted by Crippen LogP contribution is -2.39. The highest BCUT2D eigenvalue weighted by molar-refractivity contribution is 6.18. The largest absolute Gasteiger partial charge is 0.497 e. The Morgan fingerprint density at radius 2 is 1.94 bits per heavy atom. The van der Waals surface area contributed by atoms with Gasteiger partial charge in [-0.25, -0.2) is 9.98 Å². The molecule has 0 aliphatic carbocycles. The Labute approximate surface area is 186 Å². The van der Waals surface area contributed by atoms with Gasteiger partial charge in [0.1, 0.15) is 18.0 Å². The van der Waals surface area contributed by atoms with E-state index >= 15 is 0 Å². The van der Waals surface area contributed by atoms with Gasteiger partial charge in [0.05, 0.1) is 19.2 Å². The number of benzene rings is 2. The Hall–Kier alpha value is -4.00. The van der Waals surface area contributed by atoms with Gasteiger partial charge in [0.25, 0.3) is 0 Å². The number of fused-ring (bicyclic) bond motifs is 1. The van der Waals surface area contributed by atoms with Crippen molar-refractivity contribution in [3.05, 3.63) is 78.0 Å². The molecule has 0 bridgehead atoms. The summed E-state index contributed by atoms with van der Waals surface area (Å²) in [6.07, 6.45) is 2.56. The average Bonchev–Trinajstić information content (AvgIpc) is 2.96. The standard InChI is InChI=1S/C25H24N4O3/c1-3-17-9-11-19(12-10-17)27-23(30)16-29-24(31)15-22(18-6-4-7-20(14-18)32-2)28-21-8-5-13-26-25(21)29/h4-14H,3,15-16H2,1-2H3,(H,27,30). The number of aromatic nitrogens is 1. The molecule has 0 spiro atoms.